The first-order valence-corrected chi connectivity index (χ1v) is 10.7. The first-order valence-electron chi connectivity index (χ1n) is 8.87. The first kappa shape index (κ1) is 20.2. The fourth-order valence-corrected chi connectivity index (χ4v) is 5.10. The van der Waals surface area contributed by atoms with Crippen LogP contribution in [0.3, 0.4) is 0 Å². The summed E-state index contributed by atoms with van der Waals surface area (Å²) in [6, 6.07) is 6.07. The standard InChI is InChI=1S/C19H15ClFN3O5S/c1-2-6-23-7-5-11-13(21)8-10(9-14(11)23)30(28,29)15-4-3-12(20)16-17(15)22-19(26)24(27)18(16)25/h3-5,7-9,27H,2,6H2,1H3,(H,22,26). The van der Waals surface area contributed by atoms with Crippen LogP contribution in [0.4, 0.5) is 4.39 Å². The maximum Gasteiger partial charge on any atom is 0.362 e. The van der Waals surface area contributed by atoms with Crippen LogP contribution in [0, 0.1) is 5.82 Å². The summed E-state index contributed by atoms with van der Waals surface area (Å²) in [7, 11) is -4.36. The molecule has 0 aliphatic heterocycles. The summed E-state index contributed by atoms with van der Waals surface area (Å²) in [4.78, 5) is 25.5. The third kappa shape index (κ3) is 2.91. The van der Waals surface area contributed by atoms with Crippen molar-refractivity contribution >= 4 is 43.2 Å². The van der Waals surface area contributed by atoms with Gasteiger partial charge in [-0.25, -0.2) is 17.6 Å². The Hall–Kier alpha value is -3.11. The average molecular weight is 452 g/mol. The Morgan fingerprint density at radius 3 is 2.63 bits per heavy atom. The number of benzene rings is 2. The van der Waals surface area contributed by atoms with Gasteiger partial charge in [0, 0.05) is 18.1 Å². The second-order valence-electron chi connectivity index (χ2n) is 6.69. The molecule has 0 aliphatic rings. The largest absolute Gasteiger partial charge is 0.421 e. The molecule has 4 aromatic rings. The number of nitrogens with one attached hydrogen (secondary N) is 1. The Kier molecular flexibility index (Phi) is 4.70. The molecule has 0 fully saturated rings. The summed E-state index contributed by atoms with van der Waals surface area (Å²) in [5.74, 6) is -0.717. The second kappa shape index (κ2) is 6.99. The van der Waals surface area contributed by atoms with Crippen molar-refractivity contribution < 1.29 is 18.0 Å². The van der Waals surface area contributed by atoms with Crippen LogP contribution in [0.25, 0.3) is 21.8 Å². The van der Waals surface area contributed by atoms with E-state index in [4.69, 9.17) is 11.6 Å². The molecule has 2 aromatic carbocycles. The van der Waals surface area contributed by atoms with E-state index in [0.29, 0.717) is 12.1 Å². The quantitative estimate of drug-likeness (QED) is 0.463. The second-order valence-corrected chi connectivity index (χ2v) is 9.02. The van der Waals surface area contributed by atoms with E-state index in [0.717, 1.165) is 24.6 Å². The highest BCUT2D eigenvalue weighted by atomic mass is 35.5. The normalized spacial score (nSPS) is 12.1. The number of halogens is 2. The first-order chi connectivity index (χ1) is 14.2. The number of aromatic amines is 1. The van der Waals surface area contributed by atoms with Crippen molar-refractivity contribution in [2.24, 2.45) is 0 Å². The van der Waals surface area contributed by atoms with Crippen molar-refractivity contribution in [3.63, 3.8) is 0 Å². The zero-order chi connectivity index (χ0) is 21.8. The smallest absolute Gasteiger partial charge is 0.362 e. The predicted molar refractivity (Wildman–Crippen MR) is 109 cm³/mol. The summed E-state index contributed by atoms with van der Waals surface area (Å²) in [5.41, 5.74) is -2.37. The molecule has 30 heavy (non-hydrogen) atoms. The van der Waals surface area contributed by atoms with Gasteiger partial charge >= 0.3 is 5.69 Å². The molecule has 2 heterocycles. The molecule has 0 saturated heterocycles. The lowest BCUT2D eigenvalue weighted by molar-refractivity contribution is 0.162. The number of hydrogen-bond acceptors (Lipinski definition) is 5. The number of nitrogens with zero attached hydrogens (tertiary/aromatic N) is 2. The van der Waals surface area contributed by atoms with Crippen LogP contribution >= 0.6 is 11.6 Å². The number of H-pyrrole nitrogens is 1. The molecular formula is C19H15ClFN3O5S. The van der Waals surface area contributed by atoms with Crippen molar-refractivity contribution in [2.75, 3.05) is 0 Å². The minimum absolute atomic E-state index is 0.161. The van der Waals surface area contributed by atoms with Gasteiger partial charge in [0.25, 0.3) is 5.56 Å². The lowest BCUT2D eigenvalue weighted by Crippen LogP contribution is -2.33. The summed E-state index contributed by atoms with van der Waals surface area (Å²) in [5, 5.41) is 9.29. The molecule has 2 aromatic heterocycles. The van der Waals surface area contributed by atoms with E-state index in [1.54, 1.807) is 16.8 Å². The maximum absolute atomic E-state index is 14.7. The summed E-state index contributed by atoms with van der Waals surface area (Å²) < 4.78 is 42.9. The molecule has 0 radical (unpaired) electrons. The van der Waals surface area contributed by atoms with E-state index in [1.807, 2.05) is 6.92 Å². The fraction of sp³-hybridized carbons (Fsp3) is 0.158. The van der Waals surface area contributed by atoms with Crippen molar-refractivity contribution in [1.82, 2.24) is 14.3 Å². The topological polar surface area (TPSA) is 114 Å². The minimum Gasteiger partial charge on any atom is -0.421 e. The lowest BCUT2D eigenvalue weighted by Gasteiger charge is -2.11. The van der Waals surface area contributed by atoms with Crippen molar-refractivity contribution in [3.05, 3.63) is 68.2 Å². The monoisotopic (exact) mass is 451 g/mol. The molecule has 11 heteroatoms. The molecule has 156 valence electrons. The van der Waals surface area contributed by atoms with E-state index in [-0.39, 0.29) is 30.9 Å². The van der Waals surface area contributed by atoms with E-state index < -0.39 is 31.8 Å². The van der Waals surface area contributed by atoms with Crippen LogP contribution in [-0.2, 0) is 16.4 Å². The van der Waals surface area contributed by atoms with Gasteiger partial charge in [0.15, 0.2) is 0 Å². The molecule has 4 rings (SSSR count). The highest BCUT2D eigenvalue weighted by Crippen LogP contribution is 2.32. The highest BCUT2D eigenvalue weighted by molar-refractivity contribution is 7.91. The number of fused-ring (bicyclic) bond motifs is 2. The molecule has 0 amide bonds. The van der Waals surface area contributed by atoms with Gasteiger partial charge in [0.2, 0.25) is 9.84 Å². The van der Waals surface area contributed by atoms with Gasteiger partial charge in [0.05, 0.1) is 31.2 Å². The van der Waals surface area contributed by atoms with Crippen LogP contribution < -0.4 is 11.2 Å². The Bertz CT molecular complexity index is 1550. The van der Waals surface area contributed by atoms with Crippen molar-refractivity contribution in [1.29, 1.82) is 0 Å². The zero-order valence-corrected chi connectivity index (χ0v) is 17.1. The number of aromatic nitrogens is 3. The van der Waals surface area contributed by atoms with Gasteiger partial charge in [0.1, 0.15) is 5.82 Å². The van der Waals surface area contributed by atoms with Gasteiger partial charge in [-0.15, -0.1) is 0 Å². The van der Waals surface area contributed by atoms with Gasteiger partial charge in [-0.2, -0.15) is 0 Å². The molecule has 0 saturated carbocycles. The zero-order valence-electron chi connectivity index (χ0n) is 15.5. The molecule has 0 aliphatic carbocycles. The van der Waals surface area contributed by atoms with Crippen LogP contribution in [-0.4, -0.2) is 27.9 Å². The Labute approximate surface area is 173 Å². The van der Waals surface area contributed by atoms with Gasteiger partial charge in [-0.05, 0) is 36.8 Å². The third-order valence-corrected chi connectivity index (χ3v) is 6.91. The average Bonchev–Trinajstić information content (AvgIpc) is 3.10. The fourth-order valence-electron chi connectivity index (χ4n) is 3.42. The molecule has 0 unspecified atom stereocenters. The summed E-state index contributed by atoms with van der Waals surface area (Å²) in [6.07, 6.45) is 2.44. The number of sulfone groups is 1. The third-order valence-electron chi connectivity index (χ3n) is 4.82. The van der Waals surface area contributed by atoms with Crippen LogP contribution in [0.2, 0.25) is 5.02 Å². The Balaban J connectivity index is 2.05. The molecular weight excluding hydrogens is 437 g/mol. The van der Waals surface area contributed by atoms with Gasteiger partial charge in [-0.1, -0.05) is 23.3 Å². The minimum atomic E-state index is -4.36. The van der Waals surface area contributed by atoms with Gasteiger partial charge < -0.3 is 14.8 Å². The lowest BCUT2D eigenvalue weighted by atomic mass is 10.2. The van der Waals surface area contributed by atoms with Crippen LogP contribution in [0.5, 0.6) is 0 Å². The van der Waals surface area contributed by atoms with Crippen molar-refractivity contribution in [3.8, 4) is 0 Å². The Morgan fingerprint density at radius 1 is 1.20 bits per heavy atom. The van der Waals surface area contributed by atoms with Crippen LogP contribution in [0.15, 0.2) is 55.9 Å². The maximum atomic E-state index is 14.7. The van der Waals surface area contributed by atoms with Crippen LogP contribution in [0.1, 0.15) is 13.3 Å². The summed E-state index contributed by atoms with van der Waals surface area (Å²) in [6.45, 7) is 2.51. The van der Waals surface area contributed by atoms with E-state index in [9.17, 15) is 27.6 Å². The molecule has 8 nitrogen and oxygen atoms in total. The number of aryl methyl sites for hydroxylation is 1. The van der Waals surface area contributed by atoms with E-state index >= 15 is 0 Å². The van der Waals surface area contributed by atoms with Crippen molar-refractivity contribution in [2.45, 2.75) is 29.7 Å². The molecule has 2 N–H and O–H groups in total. The Morgan fingerprint density at radius 2 is 1.93 bits per heavy atom. The predicted octanol–water partition coefficient (Wildman–Crippen LogP) is 2.92. The molecule has 0 bridgehead atoms. The molecule has 0 spiro atoms. The van der Waals surface area contributed by atoms with E-state index in [1.165, 1.54) is 6.07 Å². The highest BCUT2D eigenvalue weighted by Gasteiger charge is 2.26. The SMILES string of the molecule is CCCn1ccc2c(F)cc(S(=O)(=O)c3ccc(Cl)c4c(=O)n(O)c(=O)[nH]c34)cc21. The van der Waals surface area contributed by atoms with E-state index in [2.05, 4.69) is 4.98 Å². The number of rotatable bonds is 4. The number of hydrogen-bond donors (Lipinski definition) is 2. The van der Waals surface area contributed by atoms with Gasteiger partial charge in [-0.3, -0.25) is 4.79 Å². The summed E-state index contributed by atoms with van der Waals surface area (Å²) >= 11 is 5.99. The molecule has 0 atom stereocenters.